The molecule has 27 heavy (non-hydrogen) atoms. The lowest BCUT2D eigenvalue weighted by Crippen LogP contribution is -2.21. The van der Waals surface area contributed by atoms with Gasteiger partial charge in [0.05, 0.1) is 17.9 Å². The number of anilines is 2. The van der Waals surface area contributed by atoms with Gasteiger partial charge in [-0.15, -0.1) is 0 Å². The Kier molecular flexibility index (Phi) is 5.49. The molecule has 2 atom stereocenters. The second-order valence-electron chi connectivity index (χ2n) is 7.44. The molecule has 1 saturated carbocycles. The van der Waals surface area contributed by atoms with Gasteiger partial charge < -0.3 is 15.4 Å². The summed E-state index contributed by atoms with van der Waals surface area (Å²) in [6, 6.07) is 13.2. The van der Waals surface area contributed by atoms with Gasteiger partial charge in [0, 0.05) is 11.4 Å². The van der Waals surface area contributed by atoms with E-state index in [4.69, 9.17) is 4.74 Å². The number of ether oxygens (including phenoxy) is 1. The molecule has 0 heterocycles. The van der Waals surface area contributed by atoms with Crippen molar-refractivity contribution in [3.05, 3.63) is 53.6 Å². The van der Waals surface area contributed by atoms with Crippen molar-refractivity contribution in [2.45, 2.75) is 40.2 Å². The summed E-state index contributed by atoms with van der Waals surface area (Å²) in [4.78, 5) is 24.8. The Hall–Kier alpha value is -2.82. The molecule has 2 aromatic carbocycles. The van der Waals surface area contributed by atoms with Crippen LogP contribution < -0.4 is 15.4 Å². The summed E-state index contributed by atoms with van der Waals surface area (Å²) < 4.78 is 5.59. The lowest BCUT2D eigenvalue weighted by atomic mass is 10.1. The molecule has 0 radical (unpaired) electrons. The Bertz CT molecular complexity index is 843. The molecular formula is C22H26N2O3. The number of carbonyl (C=O) groups excluding carboxylic acids is 2. The summed E-state index contributed by atoms with van der Waals surface area (Å²) in [5.74, 6) is 0.00791. The van der Waals surface area contributed by atoms with Crippen molar-refractivity contribution in [2.75, 3.05) is 10.6 Å². The molecule has 1 aliphatic carbocycles. The lowest BCUT2D eigenvalue weighted by molar-refractivity contribution is -0.122. The predicted molar refractivity (Wildman–Crippen MR) is 107 cm³/mol. The minimum Gasteiger partial charge on any atom is -0.491 e. The Morgan fingerprint density at radius 2 is 1.59 bits per heavy atom. The molecule has 0 spiro atoms. The Morgan fingerprint density at radius 1 is 0.963 bits per heavy atom. The number of benzene rings is 2. The van der Waals surface area contributed by atoms with Crippen LogP contribution in [-0.2, 0) is 9.59 Å². The summed E-state index contributed by atoms with van der Waals surface area (Å²) in [6.07, 6.45) is 0.685. The molecule has 1 aliphatic rings. The zero-order valence-corrected chi connectivity index (χ0v) is 16.2. The van der Waals surface area contributed by atoms with Crippen LogP contribution in [0.1, 0.15) is 31.4 Å². The highest BCUT2D eigenvalue weighted by Crippen LogP contribution is 2.40. The first-order valence-corrected chi connectivity index (χ1v) is 9.29. The second-order valence-corrected chi connectivity index (χ2v) is 7.44. The molecule has 0 aromatic heterocycles. The number of carbonyl (C=O) groups is 2. The van der Waals surface area contributed by atoms with E-state index in [-0.39, 0.29) is 29.8 Å². The molecule has 0 saturated heterocycles. The second kappa shape index (κ2) is 7.82. The highest BCUT2D eigenvalue weighted by atomic mass is 16.5. The van der Waals surface area contributed by atoms with Gasteiger partial charge in [0.25, 0.3) is 0 Å². The Morgan fingerprint density at radius 3 is 2.22 bits per heavy atom. The monoisotopic (exact) mass is 366 g/mol. The number of aryl methyl sites for hydroxylation is 2. The molecule has 2 aromatic rings. The van der Waals surface area contributed by atoms with E-state index >= 15 is 0 Å². The first-order chi connectivity index (χ1) is 12.8. The van der Waals surface area contributed by atoms with Gasteiger partial charge in [0.1, 0.15) is 5.75 Å². The lowest BCUT2D eigenvalue weighted by Gasteiger charge is -2.11. The smallest absolute Gasteiger partial charge is 0.228 e. The maximum atomic E-state index is 12.4. The van der Waals surface area contributed by atoms with Crippen LogP contribution in [0.4, 0.5) is 11.4 Å². The van der Waals surface area contributed by atoms with Crippen LogP contribution in [-0.4, -0.2) is 17.9 Å². The summed E-state index contributed by atoms with van der Waals surface area (Å²) in [6.45, 7) is 7.87. The fourth-order valence-electron chi connectivity index (χ4n) is 2.99. The van der Waals surface area contributed by atoms with E-state index < -0.39 is 0 Å². The molecule has 0 aliphatic heterocycles. The van der Waals surface area contributed by atoms with Crippen LogP contribution in [0.5, 0.6) is 5.75 Å². The van der Waals surface area contributed by atoms with E-state index in [1.165, 1.54) is 0 Å². The zero-order valence-electron chi connectivity index (χ0n) is 16.2. The average molecular weight is 366 g/mol. The van der Waals surface area contributed by atoms with Crippen LogP contribution in [0.3, 0.4) is 0 Å². The van der Waals surface area contributed by atoms with Gasteiger partial charge in [-0.1, -0.05) is 12.1 Å². The molecule has 3 rings (SSSR count). The first kappa shape index (κ1) is 19.0. The van der Waals surface area contributed by atoms with Gasteiger partial charge in [-0.25, -0.2) is 0 Å². The van der Waals surface area contributed by atoms with Crippen LogP contribution >= 0.6 is 0 Å². The van der Waals surface area contributed by atoms with Crippen LogP contribution in [0.2, 0.25) is 0 Å². The van der Waals surface area contributed by atoms with Crippen molar-refractivity contribution in [2.24, 2.45) is 11.8 Å². The molecule has 0 bridgehead atoms. The molecule has 2 amide bonds. The quantitative estimate of drug-likeness (QED) is 0.801. The van der Waals surface area contributed by atoms with Crippen molar-refractivity contribution in [1.82, 2.24) is 0 Å². The molecule has 2 unspecified atom stereocenters. The Labute approximate surface area is 160 Å². The standard InChI is InChI=1S/C22H26N2O3/c1-13(2)27-17-9-7-16(8-10-17)23-21(25)18-12-19(18)22(26)24-20-11-14(3)5-6-15(20)4/h5-11,13,18-19H,12H2,1-4H3,(H,23,25)(H,24,26). The summed E-state index contributed by atoms with van der Waals surface area (Å²) in [5, 5.41) is 5.83. The molecule has 142 valence electrons. The maximum Gasteiger partial charge on any atom is 0.228 e. The number of hydrogen-bond acceptors (Lipinski definition) is 3. The minimum atomic E-state index is -0.276. The molecule has 5 heteroatoms. The molecule has 1 fully saturated rings. The summed E-state index contributed by atoms with van der Waals surface area (Å²) in [7, 11) is 0. The van der Waals surface area contributed by atoms with Gasteiger partial charge >= 0.3 is 0 Å². The zero-order chi connectivity index (χ0) is 19.6. The fraction of sp³-hybridized carbons (Fsp3) is 0.364. The SMILES string of the molecule is Cc1ccc(C)c(NC(=O)C2CC2C(=O)Nc2ccc(OC(C)C)cc2)c1. The number of amides is 2. The van der Waals surface area contributed by atoms with Gasteiger partial charge in [-0.2, -0.15) is 0 Å². The van der Waals surface area contributed by atoms with Crippen molar-refractivity contribution in [3.8, 4) is 5.75 Å². The third kappa shape index (κ3) is 4.88. The van der Waals surface area contributed by atoms with Crippen LogP contribution in [0.25, 0.3) is 0 Å². The fourth-order valence-corrected chi connectivity index (χ4v) is 2.99. The third-order valence-electron chi connectivity index (χ3n) is 4.61. The number of rotatable bonds is 6. The summed E-state index contributed by atoms with van der Waals surface area (Å²) in [5.41, 5.74) is 3.62. The van der Waals surface area contributed by atoms with E-state index in [1.807, 2.05) is 70.2 Å². The van der Waals surface area contributed by atoms with Crippen molar-refractivity contribution < 1.29 is 14.3 Å². The van der Waals surface area contributed by atoms with Crippen molar-refractivity contribution in [1.29, 1.82) is 0 Å². The van der Waals surface area contributed by atoms with Crippen molar-refractivity contribution >= 4 is 23.2 Å². The van der Waals surface area contributed by atoms with Crippen LogP contribution in [0, 0.1) is 25.7 Å². The van der Waals surface area contributed by atoms with Crippen molar-refractivity contribution in [3.63, 3.8) is 0 Å². The topological polar surface area (TPSA) is 67.4 Å². The average Bonchev–Trinajstić information content (AvgIpc) is 3.40. The largest absolute Gasteiger partial charge is 0.491 e. The van der Waals surface area contributed by atoms with Gasteiger partial charge in [0.2, 0.25) is 11.8 Å². The highest BCUT2D eigenvalue weighted by molar-refractivity contribution is 6.03. The Balaban J connectivity index is 1.54. The number of nitrogens with one attached hydrogen (secondary N) is 2. The predicted octanol–water partition coefficient (Wildman–Crippen LogP) is 4.30. The molecular weight excluding hydrogens is 340 g/mol. The first-order valence-electron chi connectivity index (χ1n) is 9.29. The van der Waals surface area contributed by atoms with Gasteiger partial charge in [-0.05, 0) is 75.6 Å². The number of hydrogen-bond donors (Lipinski definition) is 2. The van der Waals surface area contributed by atoms with Crippen LogP contribution in [0.15, 0.2) is 42.5 Å². The van der Waals surface area contributed by atoms with E-state index in [9.17, 15) is 9.59 Å². The van der Waals surface area contributed by atoms with Gasteiger partial charge in [-0.3, -0.25) is 9.59 Å². The third-order valence-corrected chi connectivity index (χ3v) is 4.61. The normalized spacial score (nSPS) is 18.1. The minimum absolute atomic E-state index is 0.0930. The summed E-state index contributed by atoms with van der Waals surface area (Å²) >= 11 is 0. The molecule has 2 N–H and O–H groups in total. The van der Waals surface area contributed by atoms with E-state index in [0.29, 0.717) is 12.1 Å². The van der Waals surface area contributed by atoms with E-state index in [0.717, 1.165) is 22.6 Å². The van der Waals surface area contributed by atoms with E-state index in [1.54, 1.807) is 0 Å². The van der Waals surface area contributed by atoms with Gasteiger partial charge in [0.15, 0.2) is 0 Å². The maximum absolute atomic E-state index is 12.4. The van der Waals surface area contributed by atoms with E-state index in [2.05, 4.69) is 10.6 Å². The molecule has 5 nitrogen and oxygen atoms in total. The highest BCUT2D eigenvalue weighted by Gasteiger charge is 2.48.